The van der Waals surface area contributed by atoms with Crippen molar-refractivity contribution in [2.45, 2.75) is 6.36 Å². The molecular weight excluding hydrogens is 401 g/mol. The van der Waals surface area contributed by atoms with Gasteiger partial charge in [-0.25, -0.2) is 15.0 Å². The molecule has 0 unspecified atom stereocenters. The number of pyridine rings is 1. The lowest BCUT2D eigenvalue weighted by molar-refractivity contribution is -0.274. The number of aromatic nitrogens is 4. The molecule has 156 valence electrons. The summed E-state index contributed by atoms with van der Waals surface area (Å²) in [5, 5.41) is 2.87. The minimum Gasteiger partial charge on any atom is -0.406 e. The van der Waals surface area contributed by atoms with Gasteiger partial charge in [0.25, 0.3) is 0 Å². The SMILES string of the molecule is FC(F)(F)Oc1cccc(Nc2ncnc(-c3ccnc(N4CCOCC4)c3)n2)c1. The normalized spacial score (nSPS) is 14.4. The monoisotopic (exact) mass is 418 g/mol. The number of ether oxygens (including phenoxy) is 2. The van der Waals surface area contributed by atoms with Crippen LogP contribution in [0.1, 0.15) is 0 Å². The molecule has 1 aliphatic rings. The molecule has 1 N–H and O–H groups in total. The van der Waals surface area contributed by atoms with E-state index >= 15 is 0 Å². The molecule has 8 nitrogen and oxygen atoms in total. The van der Waals surface area contributed by atoms with Crippen molar-refractivity contribution in [3.05, 3.63) is 48.9 Å². The Morgan fingerprint density at radius 2 is 1.87 bits per heavy atom. The predicted octanol–water partition coefficient (Wildman–Crippen LogP) is 3.41. The second-order valence-corrected chi connectivity index (χ2v) is 6.34. The summed E-state index contributed by atoms with van der Waals surface area (Å²) in [5.74, 6) is 1.05. The van der Waals surface area contributed by atoms with Crippen LogP contribution in [-0.2, 0) is 4.74 Å². The van der Waals surface area contributed by atoms with Gasteiger partial charge < -0.3 is 19.7 Å². The van der Waals surface area contributed by atoms with Crippen LogP contribution in [-0.4, -0.2) is 52.6 Å². The second-order valence-electron chi connectivity index (χ2n) is 6.34. The van der Waals surface area contributed by atoms with Crippen molar-refractivity contribution in [1.29, 1.82) is 0 Å². The third-order valence-electron chi connectivity index (χ3n) is 4.23. The molecule has 1 fully saturated rings. The predicted molar refractivity (Wildman–Crippen MR) is 102 cm³/mol. The molecular formula is C19H17F3N6O2. The van der Waals surface area contributed by atoms with Crippen molar-refractivity contribution in [1.82, 2.24) is 19.9 Å². The van der Waals surface area contributed by atoms with E-state index in [1.165, 1.54) is 24.5 Å². The minimum absolute atomic E-state index is 0.189. The van der Waals surface area contributed by atoms with Crippen molar-refractivity contribution in [2.24, 2.45) is 0 Å². The van der Waals surface area contributed by atoms with E-state index in [2.05, 4.69) is 34.9 Å². The smallest absolute Gasteiger partial charge is 0.406 e. The van der Waals surface area contributed by atoms with E-state index in [1.807, 2.05) is 6.07 Å². The first-order valence-electron chi connectivity index (χ1n) is 9.07. The zero-order valence-corrected chi connectivity index (χ0v) is 15.6. The number of alkyl halides is 3. The maximum atomic E-state index is 12.4. The Hall–Kier alpha value is -3.47. The maximum Gasteiger partial charge on any atom is 0.573 e. The van der Waals surface area contributed by atoms with E-state index < -0.39 is 6.36 Å². The number of anilines is 3. The fourth-order valence-corrected chi connectivity index (χ4v) is 2.92. The van der Waals surface area contributed by atoms with Gasteiger partial charge in [0.1, 0.15) is 17.9 Å². The quantitative estimate of drug-likeness (QED) is 0.675. The van der Waals surface area contributed by atoms with Crippen LogP contribution in [0.25, 0.3) is 11.4 Å². The van der Waals surface area contributed by atoms with E-state index in [0.29, 0.717) is 24.7 Å². The third kappa shape index (κ3) is 5.11. The van der Waals surface area contributed by atoms with Crippen molar-refractivity contribution in [2.75, 3.05) is 36.5 Å². The lowest BCUT2D eigenvalue weighted by Crippen LogP contribution is -2.36. The third-order valence-corrected chi connectivity index (χ3v) is 4.23. The first-order valence-corrected chi connectivity index (χ1v) is 9.07. The van der Waals surface area contributed by atoms with Gasteiger partial charge in [0.2, 0.25) is 5.95 Å². The van der Waals surface area contributed by atoms with Crippen LogP contribution < -0.4 is 15.0 Å². The van der Waals surface area contributed by atoms with Crippen molar-refractivity contribution in [3.8, 4) is 17.1 Å². The molecule has 0 spiro atoms. The largest absolute Gasteiger partial charge is 0.573 e. The molecule has 0 bridgehead atoms. The van der Waals surface area contributed by atoms with Gasteiger partial charge in [-0.2, -0.15) is 4.98 Å². The summed E-state index contributed by atoms with van der Waals surface area (Å²) >= 11 is 0. The second kappa shape index (κ2) is 8.49. The maximum absolute atomic E-state index is 12.4. The number of morpholine rings is 1. The molecule has 1 aliphatic heterocycles. The zero-order valence-electron chi connectivity index (χ0n) is 15.6. The van der Waals surface area contributed by atoms with Gasteiger partial charge in [-0.15, -0.1) is 13.2 Å². The Morgan fingerprint density at radius 3 is 2.67 bits per heavy atom. The van der Waals surface area contributed by atoms with Gasteiger partial charge in [-0.3, -0.25) is 0 Å². The minimum atomic E-state index is -4.77. The van der Waals surface area contributed by atoms with Crippen LogP contribution in [0.5, 0.6) is 5.75 Å². The fourth-order valence-electron chi connectivity index (χ4n) is 2.92. The highest BCUT2D eigenvalue weighted by atomic mass is 19.4. The number of nitrogens with zero attached hydrogens (tertiary/aromatic N) is 5. The average molecular weight is 418 g/mol. The lowest BCUT2D eigenvalue weighted by Gasteiger charge is -2.27. The van der Waals surface area contributed by atoms with Gasteiger partial charge in [0.15, 0.2) is 5.82 Å². The highest BCUT2D eigenvalue weighted by Crippen LogP contribution is 2.26. The zero-order chi connectivity index (χ0) is 21.0. The van der Waals surface area contributed by atoms with E-state index in [-0.39, 0.29) is 11.7 Å². The Balaban J connectivity index is 1.53. The summed E-state index contributed by atoms with van der Waals surface area (Å²) in [6.07, 6.45) is -1.76. The van der Waals surface area contributed by atoms with E-state index in [4.69, 9.17) is 4.74 Å². The molecule has 0 atom stereocenters. The number of hydrogen-bond acceptors (Lipinski definition) is 8. The number of rotatable bonds is 5. The Morgan fingerprint density at radius 1 is 1.03 bits per heavy atom. The summed E-state index contributed by atoms with van der Waals surface area (Å²) in [6.45, 7) is 2.78. The topological polar surface area (TPSA) is 85.3 Å². The molecule has 1 saturated heterocycles. The molecule has 3 heterocycles. The van der Waals surface area contributed by atoms with E-state index in [1.54, 1.807) is 18.3 Å². The van der Waals surface area contributed by atoms with Crippen LogP contribution in [0.3, 0.4) is 0 Å². The Labute approximate surface area is 169 Å². The molecule has 30 heavy (non-hydrogen) atoms. The van der Waals surface area contributed by atoms with Crippen LogP contribution in [0.4, 0.5) is 30.6 Å². The number of nitrogens with one attached hydrogen (secondary N) is 1. The van der Waals surface area contributed by atoms with Crippen LogP contribution in [0.15, 0.2) is 48.9 Å². The van der Waals surface area contributed by atoms with Crippen molar-refractivity contribution >= 4 is 17.5 Å². The molecule has 4 rings (SSSR count). The van der Waals surface area contributed by atoms with E-state index in [0.717, 1.165) is 24.5 Å². The molecule has 0 aliphatic carbocycles. The van der Waals surface area contributed by atoms with E-state index in [9.17, 15) is 13.2 Å². The summed E-state index contributed by atoms with van der Waals surface area (Å²) in [7, 11) is 0. The fraction of sp³-hybridized carbons (Fsp3) is 0.263. The van der Waals surface area contributed by atoms with Gasteiger partial charge in [-0.1, -0.05) is 6.07 Å². The van der Waals surface area contributed by atoms with Crippen LogP contribution in [0, 0.1) is 0 Å². The summed E-state index contributed by atoms with van der Waals surface area (Å²) in [6, 6.07) is 9.09. The average Bonchev–Trinajstić information content (AvgIpc) is 2.74. The van der Waals surface area contributed by atoms with Gasteiger partial charge in [-0.05, 0) is 24.3 Å². The number of hydrogen-bond donors (Lipinski definition) is 1. The molecule has 3 aromatic rings. The Bertz CT molecular complexity index is 1010. The molecule has 0 radical (unpaired) electrons. The summed E-state index contributed by atoms with van der Waals surface area (Å²) in [4.78, 5) is 19.1. The molecule has 2 aromatic heterocycles. The molecule has 11 heteroatoms. The highest BCUT2D eigenvalue weighted by Gasteiger charge is 2.31. The highest BCUT2D eigenvalue weighted by molar-refractivity contribution is 5.62. The van der Waals surface area contributed by atoms with Crippen LogP contribution in [0.2, 0.25) is 0 Å². The Kier molecular flexibility index (Phi) is 5.61. The number of halogens is 3. The summed E-state index contributed by atoms with van der Waals surface area (Å²) < 4.78 is 46.5. The lowest BCUT2D eigenvalue weighted by atomic mass is 10.2. The first kappa shape index (κ1) is 19.8. The summed E-state index contributed by atoms with van der Waals surface area (Å²) in [5.41, 5.74) is 1.09. The van der Waals surface area contributed by atoms with Crippen LogP contribution >= 0.6 is 0 Å². The van der Waals surface area contributed by atoms with Gasteiger partial charge in [0.05, 0.1) is 13.2 Å². The number of benzene rings is 1. The molecule has 0 amide bonds. The first-order chi connectivity index (χ1) is 14.5. The van der Waals surface area contributed by atoms with Gasteiger partial charge in [0, 0.05) is 36.6 Å². The van der Waals surface area contributed by atoms with Crippen molar-refractivity contribution < 1.29 is 22.6 Å². The van der Waals surface area contributed by atoms with Gasteiger partial charge >= 0.3 is 6.36 Å². The molecule has 0 saturated carbocycles. The standard InChI is InChI=1S/C19H17F3N6O2/c20-19(21,22)30-15-3-1-2-14(11-15)26-18-25-12-24-17(27-18)13-4-5-23-16(10-13)28-6-8-29-9-7-28/h1-5,10-12H,6-9H2,(H,24,25,26,27). The van der Waals surface area contributed by atoms with Crippen molar-refractivity contribution in [3.63, 3.8) is 0 Å². The molecule has 1 aromatic carbocycles.